The minimum Gasteiger partial charge on any atom is -0.482 e. The van der Waals surface area contributed by atoms with Crippen LogP contribution in [0.1, 0.15) is 30.8 Å². The van der Waals surface area contributed by atoms with Crippen LogP contribution in [-0.2, 0) is 13.2 Å². The smallest absolute Gasteiger partial charge is 0.264 e. The standard InChI is InChI=1S/C13H18N4O2/c1-3-6-14-7-11-4-5-12(8-15-11)18-9-13-16-10(2)17-19-13/h4-5,8,14H,3,6-7,9H2,1-2H3. The summed E-state index contributed by atoms with van der Waals surface area (Å²) in [5.74, 6) is 1.76. The maximum absolute atomic E-state index is 5.51. The van der Waals surface area contributed by atoms with Gasteiger partial charge < -0.3 is 14.6 Å². The highest BCUT2D eigenvalue weighted by atomic mass is 16.5. The zero-order valence-corrected chi connectivity index (χ0v) is 11.2. The third-order valence-electron chi connectivity index (χ3n) is 2.46. The fourth-order valence-electron chi connectivity index (χ4n) is 1.54. The van der Waals surface area contributed by atoms with E-state index in [0.29, 0.717) is 17.5 Å². The van der Waals surface area contributed by atoms with Crippen molar-refractivity contribution in [3.8, 4) is 5.75 Å². The van der Waals surface area contributed by atoms with Gasteiger partial charge in [0, 0.05) is 6.54 Å². The monoisotopic (exact) mass is 262 g/mol. The fourth-order valence-corrected chi connectivity index (χ4v) is 1.54. The van der Waals surface area contributed by atoms with Crippen LogP contribution in [0.3, 0.4) is 0 Å². The van der Waals surface area contributed by atoms with E-state index in [0.717, 1.165) is 25.2 Å². The molecule has 2 aromatic heterocycles. The second-order valence-corrected chi connectivity index (χ2v) is 4.19. The van der Waals surface area contributed by atoms with Gasteiger partial charge in [0.05, 0.1) is 11.9 Å². The molecule has 0 saturated heterocycles. The van der Waals surface area contributed by atoms with Crippen molar-refractivity contribution in [1.29, 1.82) is 0 Å². The molecule has 0 spiro atoms. The van der Waals surface area contributed by atoms with Crippen LogP contribution in [-0.4, -0.2) is 21.7 Å². The van der Waals surface area contributed by atoms with Crippen molar-refractivity contribution in [2.24, 2.45) is 0 Å². The molecule has 0 aliphatic carbocycles. The highest BCUT2D eigenvalue weighted by Crippen LogP contribution is 2.11. The molecule has 6 nitrogen and oxygen atoms in total. The van der Waals surface area contributed by atoms with Gasteiger partial charge in [-0.2, -0.15) is 4.98 Å². The predicted octanol–water partition coefficient (Wildman–Crippen LogP) is 1.85. The lowest BCUT2D eigenvalue weighted by molar-refractivity contribution is 0.242. The molecule has 0 atom stereocenters. The molecule has 2 heterocycles. The second-order valence-electron chi connectivity index (χ2n) is 4.19. The summed E-state index contributed by atoms with van der Waals surface area (Å²) in [5, 5.41) is 6.99. The average molecular weight is 262 g/mol. The number of hydrogen-bond donors (Lipinski definition) is 1. The van der Waals surface area contributed by atoms with Crippen molar-refractivity contribution in [3.63, 3.8) is 0 Å². The van der Waals surface area contributed by atoms with Gasteiger partial charge in [0.15, 0.2) is 12.4 Å². The Morgan fingerprint density at radius 2 is 2.26 bits per heavy atom. The molecule has 2 aromatic rings. The van der Waals surface area contributed by atoms with Crippen LogP contribution in [0.5, 0.6) is 5.75 Å². The summed E-state index contributed by atoms with van der Waals surface area (Å²) >= 11 is 0. The third kappa shape index (κ3) is 4.33. The van der Waals surface area contributed by atoms with E-state index in [1.54, 1.807) is 13.1 Å². The number of rotatable bonds is 7. The van der Waals surface area contributed by atoms with Crippen molar-refractivity contribution >= 4 is 0 Å². The highest BCUT2D eigenvalue weighted by Gasteiger charge is 2.04. The molecule has 0 aliphatic rings. The number of aromatic nitrogens is 3. The SMILES string of the molecule is CCCNCc1ccc(OCc2nc(C)no2)cn1. The summed E-state index contributed by atoms with van der Waals surface area (Å²) in [7, 11) is 0. The molecule has 0 aromatic carbocycles. The van der Waals surface area contributed by atoms with Crippen LogP contribution in [0.25, 0.3) is 0 Å². The molecule has 0 radical (unpaired) electrons. The summed E-state index contributed by atoms with van der Waals surface area (Å²) < 4.78 is 10.5. The molecule has 0 unspecified atom stereocenters. The second kappa shape index (κ2) is 6.84. The van der Waals surface area contributed by atoms with Gasteiger partial charge in [0.25, 0.3) is 5.89 Å². The zero-order chi connectivity index (χ0) is 13.5. The number of pyridine rings is 1. The lowest BCUT2D eigenvalue weighted by atomic mass is 10.3. The Morgan fingerprint density at radius 3 is 2.89 bits per heavy atom. The zero-order valence-electron chi connectivity index (χ0n) is 11.2. The van der Waals surface area contributed by atoms with Crippen molar-refractivity contribution in [2.75, 3.05) is 6.54 Å². The van der Waals surface area contributed by atoms with Gasteiger partial charge in [-0.25, -0.2) is 0 Å². The van der Waals surface area contributed by atoms with Crippen molar-refractivity contribution in [1.82, 2.24) is 20.4 Å². The van der Waals surface area contributed by atoms with Gasteiger partial charge >= 0.3 is 0 Å². The molecule has 1 N–H and O–H groups in total. The first-order chi connectivity index (χ1) is 9.28. The van der Waals surface area contributed by atoms with E-state index in [-0.39, 0.29) is 6.61 Å². The Morgan fingerprint density at radius 1 is 1.37 bits per heavy atom. The summed E-state index contributed by atoms with van der Waals surface area (Å²) in [5.41, 5.74) is 0.995. The van der Waals surface area contributed by atoms with Gasteiger partial charge in [-0.3, -0.25) is 4.98 Å². The van der Waals surface area contributed by atoms with Crippen LogP contribution in [0.4, 0.5) is 0 Å². The largest absolute Gasteiger partial charge is 0.482 e. The molecule has 0 saturated carbocycles. The van der Waals surface area contributed by atoms with Crippen molar-refractivity contribution < 1.29 is 9.26 Å². The van der Waals surface area contributed by atoms with Crippen LogP contribution in [0.15, 0.2) is 22.9 Å². The summed E-state index contributed by atoms with van der Waals surface area (Å²) in [6.45, 7) is 5.94. The minimum atomic E-state index is 0.260. The van der Waals surface area contributed by atoms with E-state index >= 15 is 0 Å². The summed E-state index contributed by atoms with van der Waals surface area (Å²) in [6, 6.07) is 3.83. The van der Waals surface area contributed by atoms with Crippen molar-refractivity contribution in [2.45, 2.75) is 33.4 Å². The van der Waals surface area contributed by atoms with E-state index in [9.17, 15) is 0 Å². The van der Waals surface area contributed by atoms with Crippen LogP contribution in [0, 0.1) is 6.92 Å². The maximum atomic E-state index is 5.51. The molecule has 0 fully saturated rings. The van der Waals surface area contributed by atoms with Crippen LogP contribution >= 0.6 is 0 Å². The molecule has 0 bridgehead atoms. The first-order valence-corrected chi connectivity index (χ1v) is 6.35. The molecule has 6 heteroatoms. The van der Waals surface area contributed by atoms with Crippen LogP contribution < -0.4 is 10.1 Å². The topological polar surface area (TPSA) is 73.1 Å². The predicted molar refractivity (Wildman–Crippen MR) is 69.6 cm³/mol. The average Bonchev–Trinajstić information content (AvgIpc) is 2.84. The third-order valence-corrected chi connectivity index (χ3v) is 2.46. The van der Waals surface area contributed by atoms with Gasteiger partial charge in [-0.1, -0.05) is 12.1 Å². The fraction of sp³-hybridized carbons (Fsp3) is 0.462. The molecule has 0 amide bonds. The Kier molecular flexibility index (Phi) is 4.85. The minimum absolute atomic E-state index is 0.260. The van der Waals surface area contributed by atoms with Crippen LogP contribution in [0.2, 0.25) is 0 Å². The first-order valence-electron chi connectivity index (χ1n) is 6.35. The number of nitrogens with zero attached hydrogens (tertiary/aromatic N) is 3. The number of nitrogens with one attached hydrogen (secondary N) is 1. The van der Waals surface area contributed by atoms with E-state index in [1.165, 1.54) is 0 Å². The lowest BCUT2D eigenvalue weighted by Gasteiger charge is -2.05. The van der Waals surface area contributed by atoms with E-state index in [2.05, 4.69) is 27.4 Å². The molecule has 102 valence electrons. The molecule has 2 rings (SSSR count). The van der Waals surface area contributed by atoms with Gasteiger partial charge in [-0.05, 0) is 32.0 Å². The Labute approximate surface area is 112 Å². The Hall–Kier alpha value is -1.95. The van der Waals surface area contributed by atoms with E-state index < -0.39 is 0 Å². The summed E-state index contributed by atoms with van der Waals surface area (Å²) in [6.07, 6.45) is 2.82. The Bertz CT molecular complexity index is 496. The quantitative estimate of drug-likeness (QED) is 0.768. The highest BCUT2D eigenvalue weighted by molar-refractivity contribution is 5.19. The van der Waals surface area contributed by atoms with Crippen molar-refractivity contribution in [3.05, 3.63) is 35.7 Å². The number of hydrogen-bond acceptors (Lipinski definition) is 6. The summed E-state index contributed by atoms with van der Waals surface area (Å²) in [4.78, 5) is 8.37. The maximum Gasteiger partial charge on any atom is 0.264 e. The molecule has 19 heavy (non-hydrogen) atoms. The molecular weight excluding hydrogens is 244 g/mol. The van der Waals surface area contributed by atoms with E-state index in [4.69, 9.17) is 9.26 Å². The lowest BCUT2D eigenvalue weighted by Crippen LogP contribution is -2.14. The molecule has 0 aliphatic heterocycles. The molecular formula is C13H18N4O2. The van der Waals surface area contributed by atoms with E-state index in [1.807, 2.05) is 12.1 Å². The van der Waals surface area contributed by atoms with Gasteiger partial charge in [0.2, 0.25) is 0 Å². The van der Waals surface area contributed by atoms with Gasteiger partial charge in [-0.15, -0.1) is 0 Å². The number of ether oxygens (including phenoxy) is 1. The first kappa shape index (κ1) is 13.5. The van der Waals surface area contributed by atoms with Gasteiger partial charge in [0.1, 0.15) is 5.75 Å². The number of aryl methyl sites for hydroxylation is 1. The normalized spacial score (nSPS) is 10.6. The Balaban J connectivity index is 1.81.